The Balaban J connectivity index is 2.15. The van der Waals surface area contributed by atoms with Crippen LogP contribution in [0.5, 0.6) is 0 Å². The quantitative estimate of drug-likeness (QED) is 0.570. The predicted molar refractivity (Wildman–Crippen MR) is 73.0 cm³/mol. The molecule has 1 aliphatic rings. The topological polar surface area (TPSA) is 81.7 Å². The Morgan fingerprint density at radius 3 is 2.47 bits per heavy atom. The van der Waals surface area contributed by atoms with Gasteiger partial charge in [-0.15, -0.1) is 0 Å². The maximum atomic E-state index is 11.7. The molecule has 0 spiro atoms. The second kappa shape index (κ2) is 7.45. The zero-order valence-corrected chi connectivity index (χ0v) is 11.9. The zero-order valence-electron chi connectivity index (χ0n) is 11.9. The third kappa shape index (κ3) is 6.02. The molecular formula is C13H25N3O3. The maximum absolute atomic E-state index is 11.7. The summed E-state index contributed by atoms with van der Waals surface area (Å²) in [7, 11) is 1.98. The highest BCUT2D eigenvalue weighted by atomic mass is 16.4. The van der Waals surface area contributed by atoms with Crippen molar-refractivity contribution in [2.45, 2.75) is 38.1 Å². The van der Waals surface area contributed by atoms with E-state index in [-0.39, 0.29) is 17.9 Å². The normalized spacial score (nSPS) is 19.1. The SMILES string of the molecule is CNC1(C)CCN(CC(=O)NCCCC(=O)O)CC1. The van der Waals surface area contributed by atoms with Gasteiger partial charge in [-0.3, -0.25) is 14.5 Å². The van der Waals surface area contributed by atoms with Crippen LogP contribution in [-0.2, 0) is 9.59 Å². The van der Waals surface area contributed by atoms with E-state index in [9.17, 15) is 9.59 Å². The highest BCUT2D eigenvalue weighted by molar-refractivity contribution is 5.78. The predicted octanol–water partition coefficient (Wildman–Crippen LogP) is 0.0413. The Labute approximate surface area is 114 Å². The van der Waals surface area contributed by atoms with Crippen molar-refractivity contribution in [3.05, 3.63) is 0 Å². The summed E-state index contributed by atoms with van der Waals surface area (Å²) >= 11 is 0. The van der Waals surface area contributed by atoms with E-state index in [0.29, 0.717) is 19.5 Å². The van der Waals surface area contributed by atoms with Gasteiger partial charge < -0.3 is 15.7 Å². The number of carbonyl (C=O) groups is 2. The lowest BCUT2D eigenvalue weighted by Gasteiger charge is -2.39. The van der Waals surface area contributed by atoms with Crippen LogP contribution in [0.2, 0.25) is 0 Å². The zero-order chi connectivity index (χ0) is 14.3. The summed E-state index contributed by atoms with van der Waals surface area (Å²) < 4.78 is 0. The molecule has 0 bridgehead atoms. The first-order chi connectivity index (χ1) is 8.95. The van der Waals surface area contributed by atoms with Gasteiger partial charge in [0.2, 0.25) is 5.91 Å². The molecule has 1 aliphatic heterocycles. The van der Waals surface area contributed by atoms with Crippen LogP contribution in [0, 0.1) is 0 Å². The average molecular weight is 271 g/mol. The average Bonchev–Trinajstić information content (AvgIpc) is 2.37. The van der Waals surface area contributed by atoms with E-state index < -0.39 is 5.97 Å². The first-order valence-electron chi connectivity index (χ1n) is 6.85. The lowest BCUT2D eigenvalue weighted by molar-refractivity contribution is -0.137. The largest absolute Gasteiger partial charge is 0.481 e. The molecule has 0 aromatic rings. The molecule has 0 aromatic carbocycles. The van der Waals surface area contributed by atoms with Gasteiger partial charge >= 0.3 is 5.97 Å². The summed E-state index contributed by atoms with van der Waals surface area (Å²) in [4.78, 5) is 24.1. The fourth-order valence-corrected chi connectivity index (χ4v) is 2.18. The smallest absolute Gasteiger partial charge is 0.303 e. The van der Waals surface area contributed by atoms with Gasteiger partial charge in [0.25, 0.3) is 0 Å². The molecule has 1 heterocycles. The number of carbonyl (C=O) groups excluding carboxylic acids is 1. The summed E-state index contributed by atoms with van der Waals surface area (Å²) in [5, 5.41) is 14.6. The Hall–Kier alpha value is -1.14. The van der Waals surface area contributed by atoms with Crippen LogP contribution in [0.25, 0.3) is 0 Å². The molecule has 1 rings (SSSR count). The molecule has 3 N–H and O–H groups in total. The van der Waals surface area contributed by atoms with E-state index >= 15 is 0 Å². The number of carboxylic acid groups (broad SMARTS) is 1. The van der Waals surface area contributed by atoms with Gasteiger partial charge in [0.15, 0.2) is 0 Å². The third-order valence-corrected chi connectivity index (χ3v) is 3.82. The number of nitrogens with one attached hydrogen (secondary N) is 2. The fourth-order valence-electron chi connectivity index (χ4n) is 2.18. The summed E-state index contributed by atoms with van der Waals surface area (Å²) in [5.41, 5.74) is 0.189. The monoisotopic (exact) mass is 271 g/mol. The van der Waals surface area contributed by atoms with Crippen LogP contribution in [0.15, 0.2) is 0 Å². The molecule has 1 fully saturated rings. The van der Waals surface area contributed by atoms with Crippen molar-refractivity contribution in [3.63, 3.8) is 0 Å². The van der Waals surface area contributed by atoms with Gasteiger partial charge in [0.05, 0.1) is 6.54 Å². The van der Waals surface area contributed by atoms with Gasteiger partial charge in [0.1, 0.15) is 0 Å². The number of hydrogen-bond acceptors (Lipinski definition) is 4. The van der Waals surface area contributed by atoms with Crippen molar-refractivity contribution in [3.8, 4) is 0 Å². The first kappa shape index (κ1) is 15.9. The minimum atomic E-state index is -0.823. The summed E-state index contributed by atoms with van der Waals surface area (Å²) in [5.74, 6) is -0.838. The van der Waals surface area contributed by atoms with E-state index in [0.717, 1.165) is 25.9 Å². The number of rotatable bonds is 7. The molecule has 110 valence electrons. The Bertz CT molecular complexity index is 312. The summed E-state index contributed by atoms with van der Waals surface area (Å²) in [6, 6.07) is 0. The van der Waals surface area contributed by atoms with Crippen molar-refractivity contribution >= 4 is 11.9 Å². The number of aliphatic carboxylic acids is 1. The Morgan fingerprint density at radius 1 is 1.32 bits per heavy atom. The summed E-state index contributed by atoms with van der Waals surface area (Å²) in [6.45, 7) is 4.89. The third-order valence-electron chi connectivity index (χ3n) is 3.82. The van der Waals surface area contributed by atoms with Crippen LogP contribution in [-0.4, -0.2) is 60.6 Å². The summed E-state index contributed by atoms with van der Waals surface area (Å²) in [6.07, 6.45) is 2.66. The second-order valence-electron chi connectivity index (χ2n) is 5.43. The highest BCUT2D eigenvalue weighted by Gasteiger charge is 2.28. The molecule has 19 heavy (non-hydrogen) atoms. The standard InChI is InChI=1S/C13H25N3O3/c1-13(14-2)5-8-16(9-6-13)10-11(17)15-7-3-4-12(18)19/h14H,3-10H2,1-2H3,(H,15,17)(H,18,19). The van der Waals surface area contributed by atoms with Crippen molar-refractivity contribution in [2.75, 3.05) is 33.2 Å². The molecule has 0 unspecified atom stereocenters. The molecule has 6 nitrogen and oxygen atoms in total. The van der Waals surface area contributed by atoms with E-state index in [1.807, 2.05) is 7.05 Å². The molecule has 0 atom stereocenters. The minimum Gasteiger partial charge on any atom is -0.481 e. The molecule has 1 saturated heterocycles. The van der Waals surface area contributed by atoms with Gasteiger partial charge in [-0.1, -0.05) is 0 Å². The van der Waals surface area contributed by atoms with Gasteiger partial charge in [0, 0.05) is 31.6 Å². The van der Waals surface area contributed by atoms with Crippen LogP contribution < -0.4 is 10.6 Å². The molecular weight excluding hydrogens is 246 g/mol. The van der Waals surface area contributed by atoms with E-state index in [4.69, 9.17) is 5.11 Å². The van der Waals surface area contributed by atoms with Gasteiger partial charge in [-0.2, -0.15) is 0 Å². The maximum Gasteiger partial charge on any atom is 0.303 e. The molecule has 0 aliphatic carbocycles. The molecule has 6 heteroatoms. The fraction of sp³-hybridized carbons (Fsp3) is 0.846. The van der Waals surface area contributed by atoms with E-state index in [1.165, 1.54) is 0 Å². The number of likely N-dealkylation sites (tertiary alicyclic amines) is 1. The molecule has 0 radical (unpaired) electrons. The van der Waals surface area contributed by atoms with Crippen LogP contribution in [0.4, 0.5) is 0 Å². The van der Waals surface area contributed by atoms with Crippen molar-refractivity contribution in [1.29, 1.82) is 0 Å². The number of amides is 1. The number of piperidine rings is 1. The van der Waals surface area contributed by atoms with E-state index in [1.54, 1.807) is 0 Å². The van der Waals surface area contributed by atoms with Crippen molar-refractivity contribution < 1.29 is 14.7 Å². The van der Waals surface area contributed by atoms with Crippen molar-refractivity contribution in [2.24, 2.45) is 0 Å². The van der Waals surface area contributed by atoms with Crippen LogP contribution in [0.1, 0.15) is 32.6 Å². The van der Waals surface area contributed by atoms with Gasteiger partial charge in [-0.25, -0.2) is 0 Å². The molecule has 0 saturated carbocycles. The molecule has 0 aromatic heterocycles. The number of nitrogens with zero attached hydrogens (tertiary/aromatic N) is 1. The van der Waals surface area contributed by atoms with Gasteiger partial charge in [-0.05, 0) is 33.2 Å². The highest BCUT2D eigenvalue weighted by Crippen LogP contribution is 2.20. The second-order valence-corrected chi connectivity index (χ2v) is 5.43. The lowest BCUT2D eigenvalue weighted by Crippen LogP contribution is -2.51. The Kier molecular flexibility index (Phi) is 6.24. The number of hydrogen-bond donors (Lipinski definition) is 3. The molecule has 1 amide bonds. The Morgan fingerprint density at radius 2 is 1.95 bits per heavy atom. The van der Waals surface area contributed by atoms with Crippen LogP contribution in [0.3, 0.4) is 0 Å². The first-order valence-corrected chi connectivity index (χ1v) is 6.85. The number of carboxylic acids is 1. The van der Waals surface area contributed by atoms with E-state index in [2.05, 4.69) is 22.5 Å². The van der Waals surface area contributed by atoms with Crippen molar-refractivity contribution in [1.82, 2.24) is 15.5 Å². The van der Waals surface area contributed by atoms with Crippen LogP contribution >= 0.6 is 0 Å². The minimum absolute atomic E-state index is 0.0153. The lowest BCUT2D eigenvalue weighted by atomic mass is 9.90.